The van der Waals surface area contributed by atoms with Crippen molar-refractivity contribution in [1.82, 2.24) is 0 Å². The lowest BCUT2D eigenvalue weighted by Gasteiger charge is -2.08. The van der Waals surface area contributed by atoms with Crippen LogP contribution in [-0.4, -0.2) is 21.0 Å². The maximum atomic E-state index is 9.50. The molecule has 23 heavy (non-hydrogen) atoms. The van der Waals surface area contributed by atoms with E-state index in [2.05, 4.69) is 6.07 Å². The van der Waals surface area contributed by atoms with Gasteiger partial charge in [0.25, 0.3) is 0 Å². The minimum Gasteiger partial charge on any atom is -0.497 e. The fraction of sp³-hybridized carbons (Fsp3) is 0.167. The van der Waals surface area contributed by atoms with E-state index in [4.69, 9.17) is 18.9 Å². The third kappa shape index (κ3) is 2.92. The Morgan fingerprint density at radius 1 is 1.13 bits per heavy atom. The molecule has 5 heteroatoms. The summed E-state index contributed by atoms with van der Waals surface area (Å²) in [6, 6.07) is 13.2. The van der Waals surface area contributed by atoms with E-state index in [1.807, 2.05) is 24.3 Å². The van der Waals surface area contributed by atoms with Gasteiger partial charge in [-0.3, -0.25) is 0 Å². The predicted molar refractivity (Wildman–Crippen MR) is 85.6 cm³/mol. The van der Waals surface area contributed by atoms with Crippen molar-refractivity contribution in [3.8, 4) is 29.1 Å². The molecule has 0 bridgehead atoms. The Hall–Kier alpha value is -3.13. The van der Waals surface area contributed by atoms with Crippen LogP contribution in [0.5, 0.6) is 23.0 Å². The van der Waals surface area contributed by atoms with Crippen molar-refractivity contribution in [2.24, 2.45) is 0 Å². The van der Waals surface area contributed by atoms with E-state index >= 15 is 0 Å². The summed E-state index contributed by atoms with van der Waals surface area (Å²) in [6.45, 7) is 0.152. The summed E-state index contributed by atoms with van der Waals surface area (Å²) < 4.78 is 21.2. The first-order chi connectivity index (χ1) is 11.2. The number of nitriles is 1. The lowest BCUT2D eigenvalue weighted by Crippen LogP contribution is -1.93. The first kappa shape index (κ1) is 14.8. The molecule has 0 amide bonds. The number of fused-ring (bicyclic) bond motifs is 1. The molecular formula is C18H15NO4. The molecular weight excluding hydrogens is 294 g/mol. The summed E-state index contributed by atoms with van der Waals surface area (Å²) in [5.74, 6) is 2.46. The van der Waals surface area contributed by atoms with Crippen molar-refractivity contribution >= 4 is 11.6 Å². The number of ether oxygens (including phenoxy) is 4. The molecule has 0 saturated heterocycles. The molecule has 2 aromatic carbocycles. The molecule has 0 unspecified atom stereocenters. The lowest BCUT2D eigenvalue weighted by atomic mass is 10.0. The second-order valence-electron chi connectivity index (χ2n) is 4.86. The quantitative estimate of drug-likeness (QED) is 0.639. The van der Waals surface area contributed by atoms with Crippen LogP contribution in [0.3, 0.4) is 0 Å². The maximum Gasteiger partial charge on any atom is 0.231 e. The van der Waals surface area contributed by atoms with Crippen LogP contribution in [0.1, 0.15) is 11.1 Å². The van der Waals surface area contributed by atoms with Crippen LogP contribution in [0.15, 0.2) is 36.4 Å². The maximum absolute atomic E-state index is 9.50. The van der Waals surface area contributed by atoms with Gasteiger partial charge in [0.15, 0.2) is 11.5 Å². The summed E-state index contributed by atoms with van der Waals surface area (Å²) in [5.41, 5.74) is 2.12. The largest absolute Gasteiger partial charge is 0.497 e. The first-order valence-corrected chi connectivity index (χ1v) is 6.99. The SMILES string of the molecule is COc1ccc(C=C(C#N)c2cc(OC)c3c(c2)OCO3)cc1. The highest BCUT2D eigenvalue weighted by molar-refractivity contribution is 5.90. The molecule has 2 aromatic rings. The van der Waals surface area contributed by atoms with Gasteiger partial charge in [0.2, 0.25) is 12.5 Å². The van der Waals surface area contributed by atoms with Gasteiger partial charge >= 0.3 is 0 Å². The zero-order valence-electron chi connectivity index (χ0n) is 12.8. The van der Waals surface area contributed by atoms with Crippen molar-refractivity contribution in [2.75, 3.05) is 21.0 Å². The number of allylic oxidation sites excluding steroid dienone is 1. The monoisotopic (exact) mass is 309 g/mol. The molecule has 1 aliphatic heterocycles. The van der Waals surface area contributed by atoms with Crippen molar-refractivity contribution in [1.29, 1.82) is 5.26 Å². The van der Waals surface area contributed by atoms with Gasteiger partial charge in [-0.2, -0.15) is 5.26 Å². The third-order valence-corrected chi connectivity index (χ3v) is 3.52. The summed E-state index contributed by atoms with van der Waals surface area (Å²) in [4.78, 5) is 0. The zero-order chi connectivity index (χ0) is 16.2. The van der Waals surface area contributed by atoms with Gasteiger partial charge in [0, 0.05) is 0 Å². The van der Waals surface area contributed by atoms with Crippen LogP contribution in [-0.2, 0) is 0 Å². The van der Waals surface area contributed by atoms with Gasteiger partial charge in [0.05, 0.1) is 25.9 Å². The summed E-state index contributed by atoms with van der Waals surface area (Å²) in [5, 5.41) is 9.50. The molecule has 3 rings (SSSR count). The second kappa shape index (κ2) is 6.32. The standard InChI is InChI=1S/C18H15NO4/c1-20-15-5-3-12(4-6-15)7-14(10-19)13-8-16(21-2)18-17(9-13)22-11-23-18/h3-9H,11H2,1-2H3. The highest BCUT2D eigenvalue weighted by atomic mass is 16.7. The van der Waals surface area contributed by atoms with Crippen molar-refractivity contribution < 1.29 is 18.9 Å². The first-order valence-electron chi connectivity index (χ1n) is 6.99. The lowest BCUT2D eigenvalue weighted by molar-refractivity contribution is 0.171. The molecule has 0 fully saturated rings. The Morgan fingerprint density at radius 2 is 1.91 bits per heavy atom. The molecule has 0 saturated carbocycles. The highest BCUT2D eigenvalue weighted by Crippen LogP contribution is 2.43. The molecule has 5 nitrogen and oxygen atoms in total. The number of benzene rings is 2. The molecule has 0 aromatic heterocycles. The fourth-order valence-electron chi connectivity index (χ4n) is 2.33. The molecule has 0 atom stereocenters. The van der Waals surface area contributed by atoms with Crippen LogP contribution in [0, 0.1) is 11.3 Å². The van der Waals surface area contributed by atoms with Crippen molar-refractivity contribution in [2.45, 2.75) is 0 Å². The Kier molecular flexibility index (Phi) is 4.07. The minimum absolute atomic E-state index is 0.152. The van der Waals surface area contributed by atoms with E-state index in [9.17, 15) is 5.26 Å². The van der Waals surface area contributed by atoms with Gasteiger partial charge in [-0.1, -0.05) is 12.1 Å². The van der Waals surface area contributed by atoms with E-state index in [0.717, 1.165) is 11.3 Å². The summed E-state index contributed by atoms with van der Waals surface area (Å²) >= 11 is 0. The number of hydrogen-bond donors (Lipinski definition) is 0. The van der Waals surface area contributed by atoms with Crippen molar-refractivity contribution in [3.63, 3.8) is 0 Å². The Bertz CT molecular complexity index is 788. The molecule has 1 aliphatic rings. The van der Waals surface area contributed by atoms with Gasteiger partial charge in [-0.25, -0.2) is 0 Å². The molecule has 0 aliphatic carbocycles. The van der Waals surface area contributed by atoms with Gasteiger partial charge in [-0.15, -0.1) is 0 Å². The van der Waals surface area contributed by atoms with E-state index in [0.29, 0.717) is 28.4 Å². The van der Waals surface area contributed by atoms with Crippen LogP contribution in [0.2, 0.25) is 0 Å². The Balaban J connectivity index is 2.00. The Labute approximate surface area is 134 Å². The molecule has 0 N–H and O–H groups in total. The number of hydrogen-bond acceptors (Lipinski definition) is 5. The van der Waals surface area contributed by atoms with Crippen LogP contribution >= 0.6 is 0 Å². The normalized spacial score (nSPS) is 12.7. The smallest absolute Gasteiger partial charge is 0.231 e. The van der Waals surface area contributed by atoms with E-state index < -0.39 is 0 Å². The molecule has 0 spiro atoms. The molecule has 0 radical (unpaired) electrons. The zero-order valence-corrected chi connectivity index (χ0v) is 12.8. The molecule has 1 heterocycles. The number of rotatable bonds is 4. The van der Waals surface area contributed by atoms with E-state index in [1.165, 1.54) is 0 Å². The third-order valence-electron chi connectivity index (χ3n) is 3.52. The van der Waals surface area contributed by atoms with Crippen molar-refractivity contribution in [3.05, 3.63) is 47.5 Å². The van der Waals surface area contributed by atoms with Gasteiger partial charge in [0.1, 0.15) is 5.75 Å². The van der Waals surface area contributed by atoms with E-state index in [-0.39, 0.29) is 6.79 Å². The van der Waals surface area contributed by atoms with Crippen LogP contribution < -0.4 is 18.9 Å². The van der Waals surface area contributed by atoms with Crippen LogP contribution in [0.25, 0.3) is 11.6 Å². The highest BCUT2D eigenvalue weighted by Gasteiger charge is 2.21. The average Bonchev–Trinajstić information content (AvgIpc) is 3.07. The number of methoxy groups -OCH3 is 2. The van der Waals surface area contributed by atoms with E-state index in [1.54, 1.807) is 32.4 Å². The molecule has 116 valence electrons. The summed E-state index contributed by atoms with van der Waals surface area (Å²) in [7, 11) is 3.17. The van der Waals surface area contributed by atoms with Gasteiger partial charge < -0.3 is 18.9 Å². The minimum atomic E-state index is 0.152. The second-order valence-corrected chi connectivity index (χ2v) is 4.86. The average molecular weight is 309 g/mol. The van der Waals surface area contributed by atoms with Crippen LogP contribution in [0.4, 0.5) is 0 Å². The fourth-order valence-corrected chi connectivity index (χ4v) is 2.33. The van der Waals surface area contributed by atoms with Gasteiger partial charge in [-0.05, 0) is 41.5 Å². The number of nitrogens with zero attached hydrogens (tertiary/aromatic N) is 1. The predicted octanol–water partition coefficient (Wildman–Crippen LogP) is 3.50. The topological polar surface area (TPSA) is 60.7 Å². The summed E-state index contributed by atoms with van der Waals surface area (Å²) in [6.07, 6.45) is 1.80. The Morgan fingerprint density at radius 3 is 2.57 bits per heavy atom.